The number of imidazole rings is 1. The van der Waals surface area contributed by atoms with Crippen LogP contribution >= 0.6 is 0 Å². The number of nitrogens with two attached hydrogens (primary N) is 1. The van der Waals surface area contributed by atoms with Gasteiger partial charge in [-0.1, -0.05) is 6.92 Å². The molecule has 1 aromatic rings. The summed E-state index contributed by atoms with van der Waals surface area (Å²) in [6.45, 7) is 2.96. The highest BCUT2D eigenvalue weighted by atomic mass is 15.0. The number of aromatic nitrogens is 2. The van der Waals surface area contributed by atoms with Gasteiger partial charge < -0.3 is 10.3 Å². The first-order valence-corrected chi connectivity index (χ1v) is 3.54. The summed E-state index contributed by atoms with van der Waals surface area (Å²) in [4.78, 5) is 3.92. The van der Waals surface area contributed by atoms with Gasteiger partial charge in [0, 0.05) is 25.0 Å². The molecule has 0 aliphatic carbocycles. The number of nitrogens with zero attached hydrogens (tertiary/aromatic N) is 2. The third kappa shape index (κ3) is 1.84. The van der Waals surface area contributed by atoms with E-state index in [1.807, 2.05) is 10.8 Å². The maximum atomic E-state index is 5.72. The summed E-state index contributed by atoms with van der Waals surface area (Å²) >= 11 is 0. The summed E-state index contributed by atoms with van der Waals surface area (Å²) in [5.41, 5.74) is 5.72. The second-order valence-electron chi connectivity index (χ2n) is 2.43. The molecule has 0 fully saturated rings. The molecular formula is C7H13N3. The molecule has 0 saturated heterocycles. The predicted molar refractivity (Wildman–Crippen MR) is 40.5 cm³/mol. The van der Waals surface area contributed by atoms with E-state index in [0.717, 1.165) is 13.0 Å². The van der Waals surface area contributed by atoms with Crippen molar-refractivity contribution in [3.63, 3.8) is 0 Å². The van der Waals surface area contributed by atoms with E-state index in [0.29, 0.717) is 0 Å². The zero-order chi connectivity index (χ0) is 7.40. The van der Waals surface area contributed by atoms with Crippen LogP contribution in [0.3, 0.4) is 0 Å². The second kappa shape index (κ2) is 3.37. The van der Waals surface area contributed by atoms with Crippen LogP contribution in [0.2, 0.25) is 0 Å². The van der Waals surface area contributed by atoms with E-state index >= 15 is 0 Å². The van der Waals surface area contributed by atoms with Gasteiger partial charge in [0.05, 0.1) is 6.33 Å². The molecule has 3 heteroatoms. The molecule has 0 aliphatic heterocycles. The Bertz CT molecular complexity index is 169. The summed E-state index contributed by atoms with van der Waals surface area (Å²) in [6, 6.07) is 0.259. The lowest BCUT2D eigenvalue weighted by Crippen LogP contribution is -2.24. The summed E-state index contributed by atoms with van der Waals surface area (Å²) in [5.74, 6) is 0. The lowest BCUT2D eigenvalue weighted by atomic mass is 10.2. The minimum absolute atomic E-state index is 0.259. The summed E-state index contributed by atoms with van der Waals surface area (Å²) in [7, 11) is 0. The quantitative estimate of drug-likeness (QED) is 0.667. The van der Waals surface area contributed by atoms with Crippen molar-refractivity contribution in [2.24, 2.45) is 5.73 Å². The van der Waals surface area contributed by atoms with Crippen molar-refractivity contribution in [1.29, 1.82) is 0 Å². The maximum absolute atomic E-state index is 5.72. The predicted octanol–water partition coefficient (Wildman–Crippen LogP) is 0.620. The lowest BCUT2D eigenvalue weighted by molar-refractivity contribution is 0.538. The Morgan fingerprint density at radius 3 is 3.00 bits per heavy atom. The number of hydrogen-bond acceptors (Lipinski definition) is 2. The van der Waals surface area contributed by atoms with E-state index in [-0.39, 0.29) is 6.04 Å². The normalized spacial score (nSPS) is 13.4. The van der Waals surface area contributed by atoms with Crippen molar-refractivity contribution in [1.82, 2.24) is 9.55 Å². The largest absolute Gasteiger partial charge is 0.336 e. The molecule has 0 amide bonds. The Morgan fingerprint density at radius 1 is 1.70 bits per heavy atom. The fraction of sp³-hybridized carbons (Fsp3) is 0.571. The average molecular weight is 139 g/mol. The standard InChI is InChI=1S/C7H13N3/c1-2-7(8)5-10-4-3-9-6-10/h3-4,6-7H,2,5,8H2,1H3/t7-/m0/s1. The van der Waals surface area contributed by atoms with E-state index in [1.54, 1.807) is 12.5 Å². The van der Waals surface area contributed by atoms with Crippen molar-refractivity contribution in [3.8, 4) is 0 Å². The van der Waals surface area contributed by atoms with E-state index in [2.05, 4.69) is 11.9 Å². The molecule has 2 N–H and O–H groups in total. The Kier molecular flexibility index (Phi) is 2.45. The van der Waals surface area contributed by atoms with Crippen molar-refractivity contribution in [2.45, 2.75) is 25.9 Å². The van der Waals surface area contributed by atoms with Crippen LogP contribution in [0.5, 0.6) is 0 Å². The summed E-state index contributed by atoms with van der Waals surface area (Å²) < 4.78 is 1.99. The molecule has 0 aliphatic rings. The third-order valence-electron chi connectivity index (χ3n) is 1.53. The molecule has 56 valence electrons. The van der Waals surface area contributed by atoms with Gasteiger partial charge in [0.25, 0.3) is 0 Å². The van der Waals surface area contributed by atoms with Crippen LogP contribution in [0.25, 0.3) is 0 Å². The third-order valence-corrected chi connectivity index (χ3v) is 1.53. The highest BCUT2D eigenvalue weighted by Crippen LogP contribution is 1.92. The zero-order valence-electron chi connectivity index (χ0n) is 6.20. The Labute approximate surface area is 60.9 Å². The van der Waals surface area contributed by atoms with Crippen LogP contribution in [0.15, 0.2) is 18.7 Å². The van der Waals surface area contributed by atoms with E-state index < -0.39 is 0 Å². The number of hydrogen-bond donors (Lipinski definition) is 1. The van der Waals surface area contributed by atoms with Gasteiger partial charge in [-0.05, 0) is 6.42 Å². The van der Waals surface area contributed by atoms with Gasteiger partial charge in [0.1, 0.15) is 0 Å². The van der Waals surface area contributed by atoms with E-state index in [4.69, 9.17) is 5.73 Å². The highest BCUT2D eigenvalue weighted by Gasteiger charge is 1.97. The molecule has 0 unspecified atom stereocenters. The molecule has 1 heterocycles. The molecule has 3 nitrogen and oxygen atoms in total. The molecule has 0 aromatic carbocycles. The second-order valence-corrected chi connectivity index (χ2v) is 2.43. The monoisotopic (exact) mass is 139 g/mol. The van der Waals surface area contributed by atoms with Crippen molar-refractivity contribution in [3.05, 3.63) is 18.7 Å². The Hall–Kier alpha value is -0.830. The molecule has 1 rings (SSSR count). The molecule has 10 heavy (non-hydrogen) atoms. The molecule has 1 aromatic heterocycles. The van der Waals surface area contributed by atoms with Gasteiger partial charge in [-0.15, -0.1) is 0 Å². The van der Waals surface area contributed by atoms with Gasteiger partial charge in [-0.2, -0.15) is 0 Å². The highest BCUT2D eigenvalue weighted by molar-refractivity contribution is 4.76. The fourth-order valence-corrected chi connectivity index (χ4v) is 0.795. The van der Waals surface area contributed by atoms with Gasteiger partial charge in [-0.25, -0.2) is 4.98 Å². The van der Waals surface area contributed by atoms with Crippen molar-refractivity contribution in [2.75, 3.05) is 0 Å². The Morgan fingerprint density at radius 2 is 2.50 bits per heavy atom. The SMILES string of the molecule is CC[C@H](N)Cn1ccnc1. The zero-order valence-corrected chi connectivity index (χ0v) is 6.20. The first-order valence-electron chi connectivity index (χ1n) is 3.54. The minimum Gasteiger partial charge on any atom is -0.336 e. The minimum atomic E-state index is 0.259. The molecule has 0 radical (unpaired) electrons. The first kappa shape index (κ1) is 7.28. The summed E-state index contributed by atoms with van der Waals surface area (Å²) in [6.07, 6.45) is 6.49. The average Bonchev–Trinajstić information content (AvgIpc) is 2.40. The van der Waals surface area contributed by atoms with Crippen LogP contribution in [0.4, 0.5) is 0 Å². The summed E-state index contributed by atoms with van der Waals surface area (Å²) in [5, 5.41) is 0. The van der Waals surface area contributed by atoms with E-state index in [1.165, 1.54) is 0 Å². The van der Waals surface area contributed by atoms with Crippen LogP contribution in [0.1, 0.15) is 13.3 Å². The molecule has 0 saturated carbocycles. The molecular weight excluding hydrogens is 126 g/mol. The topological polar surface area (TPSA) is 43.8 Å². The fourth-order valence-electron chi connectivity index (χ4n) is 0.795. The van der Waals surface area contributed by atoms with Crippen LogP contribution in [0, 0.1) is 0 Å². The van der Waals surface area contributed by atoms with E-state index in [9.17, 15) is 0 Å². The lowest BCUT2D eigenvalue weighted by Gasteiger charge is -2.07. The van der Waals surface area contributed by atoms with Gasteiger partial charge >= 0.3 is 0 Å². The molecule has 1 atom stereocenters. The van der Waals surface area contributed by atoms with Gasteiger partial charge in [0.15, 0.2) is 0 Å². The Balaban J connectivity index is 2.40. The van der Waals surface area contributed by atoms with Gasteiger partial charge in [-0.3, -0.25) is 0 Å². The molecule has 0 bridgehead atoms. The van der Waals surface area contributed by atoms with Crippen LogP contribution in [-0.2, 0) is 6.54 Å². The van der Waals surface area contributed by atoms with Crippen molar-refractivity contribution < 1.29 is 0 Å². The van der Waals surface area contributed by atoms with Gasteiger partial charge in [0.2, 0.25) is 0 Å². The van der Waals surface area contributed by atoms with Crippen LogP contribution < -0.4 is 5.73 Å². The molecule has 0 spiro atoms. The first-order chi connectivity index (χ1) is 4.83. The van der Waals surface area contributed by atoms with Crippen LogP contribution in [-0.4, -0.2) is 15.6 Å². The van der Waals surface area contributed by atoms with Crippen molar-refractivity contribution >= 4 is 0 Å². The smallest absolute Gasteiger partial charge is 0.0946 e. The number of rotatable bonds is 3. The maximum Gasteiger partial charge on any atom is 0.0946 e.